The van der Waals surface area contributed by atoms with Crippen molar-refractivity contribution in [3.05, 3.63) is 54.2 Å². The van der Waals surface area contributed by atoms with Gasteiger partial charge in [0.15, 0.2) is 5.82 Å². The maximum Gasteiger partial charge on any atom is 0.319 e. The Hall–Kier alpha value is -3.39. The minimum Gasteiger partial charge on any atom is -0.461 e. The molecule has 41 heavy (non-hydrogen) atoms. The van der Waals surface area contributed by atoms with Crippen LogP contribution in [0, 0.1) is 17.0 Å². The number of hydrogen-bond acceptors (Lipinski definition) is 6. The molecule has 1 aliphatic carbocycles. The van der Waals surface area contributed by atoms with Crippen LogP contribution in [0.15, 0.2) is 42.6 Å². The molecule has 8 heteroatoms. The van der Waals surface area contributed by atoms with E-state index in [1.54, 1.807) is 18.3 Å². The highest BCUT2D eigenvalue weighted by molar-refractivity contribution is 5.99. The van der Waals surface area contributed by atoms with Crippen molar-refractivity contribution >= 4 is 27.5 Å². The number of ether oxygens (including phenoxy) is 1. The van der Waals surface area contributed by atoms with Crippen LogP contribution in [-0.4, -0.2) is 58.2 Å². The highest BCUT2D eigenvalue weighted by Crippen LogP contribution is 2.49. The van der Waals surface area contributed by atoms with Crippen molar-refractivity contribution in [1.29, 1.82) is 0 Å². The topological polar surface area (TPSA) is 54.4 Å². The van der Waals surface area contributed by atoms with Gasteiger partial charge in [0.05, 0.1) is 10.9 Å². The van der Waals surface area contributed by atoms with E-state index in [0.29, 0.717) is 39.6 Å². The van der Waals surface area contributed by atoms with Gasteiger partial charge in [0, 0.05) is 30.2 Å². The first kappa shape index (κ1) is 25.3. The summed E-state index contributed by atoms with van der Waals surface area (Å²) in [4.78, 5) is 19.0. The standard InChI is InChI=1S/C33H35F2N5O/c34-25-10-2-8-22-7-1-9-23(26(22)25)28-27(35)29-24(19-36-28)30(39-16-4-13-32(20-39)11-3-12-32)38-31(37-29)41-21-33-14-5-17-40(33)18-6-15-33/h1-2,7-10,19H,3-6,11-18,20-21H2. The Morgan fingerprint density at radius 1 is 0.854 bits per heavy atom. The van der Waals surface area contributed by atoms with Gasteiger partial charge in [0.25, 0.3) is 0 Å². The van der Waals surface area contributed by atoms with E-state index in [4.69, 9.17) is 9.72 Å². The number of benzene rings is 2. The molecule has 3 saturated heterocycles. The third-order valence-corrected chi connectivity index (χ3v) is 10.4. The molecule has 0 amide bonds. The zero-order valence-electron chi connectivity index (χ0n) is 23.3. The molecule has 0 bridgehead atoms. The highest BCUT2D eigenvalue weighted by atomic mass is 19.1. The number of piperidine rings is 1. The molecule has 0 unspecified atom stereocenters. The number of anilines is 1. The van der Waals surface area contributed by atoms with Gasteiger partial charge in [-0.2, -0.15) is 9.97 Å². The molecule has 3 aliphatic heterocycles. The van der Waals surface area contributed by atoms with Crippen molar-refractivity contribution in [3.8, 4) is 17.3 Å². The van der Waals surface area contributed by atoms with Gasteiger partial charge in [-0.3, -0.25) is 9.88 Å². The van der Waals surface area contributed by atoms with E-state index in [0.717, 1.165) is 45.4 Å². The molecular formula is C33H35F2N5O. The number of pyridine rings is 1. The molecule has 212 valence electrons. The Balaban J connectivity index is 1.25. The average molecular weight is 556 g/mol. The van der Waals surface area contributed by atoms with Crippen LogP contribution >= 0.6 is 0 Å². The molecule has 2 aromatic carbocycles. The maximum atomic E-state index is 16.6. The summed E-state index contributed by atoms with van der Waals surface area (Å²) in [6, 6.07) is 10.5. The van der Waals surface area contributed by atoms with Gasteiger partial charge >= 0.3 is 6.01 Å². The molecule has 0 atom stereocenters. The SMILES string of the molecule is Fc1c(-c2cccc3cccc(F)c23)ncc2c(N3CCCC4(CCC4)C3)nc(OCC34CCCN3CCC4)nc12. The molecule has 2 aromatic heterocycles. The summed E-state index contributed by atoms with van der Waals surface area (Å²) >= 11 is 0. The van der Waals surface area contributed by atoms with Crippen LogP contribution in [0.1, 0.15) is 57.8 Å². The van der Waals surface area contributed by atoms with Crippen LogP contribution in [-0.2, 0) is 0 Å². The van der Waals surface area contributed by atoms with E-state index in [1.165, 1.54) is 44.6 Å². The van der Waals surface area contributed by atoms with Crippen molar-refractivity contribution in [2.75, 3.05) is 37.7 Å². The van der Waals surface area contributed by atoms with E-state index in [-0.39, 0.29) is 22.8 Å². The van der Waals surface area contributed by atoms with Crippen LogP contribution in [0.5, 0.6) is 6.01 Å². The van der Waals surface area contributed by atoms with Crippen molar-refractivity contribution in [1.82, 2.24) is 19.9 Å². The zero-order chi connectivity index (χ0) is 27.6. The quantitative estimate of drug-likeness (QED) is 0.267. The Morgan fingerprint density at radius 2 is 1.61 bits per heavy atom. The van der Waals surface area contributed by atoms with E-state index in [9.17, 15) is 0 Å². The largest absolute Gasteiger partial charge is 0.461 e. The Morgan fingerprint density at radius 3 is 2.39 bits per heavy atom. The molecule has 0 N–H and O–H groups in total. The van der Waals surface area contributed by atoms with Gasteiger partial charge in [-0.25, -0.2) is 8.78 Å². The minimum atomic E-state index is -0.566. The van der Waals surface area contributed by atoms with E-state index in [1.807, 2.05) is 18.2 Å². The molecule has 0 radical (unpaired) electrons. The summed E-state index contributed by atoms with van der Waals surface area (Å²) in [5.41, 5.74) is 1.05. The van der Waals surface area contributed by atoms with Crippen molar-refractivity contribution in [2.24, 2.45) is 5.41 Å². The normalized spacial score (nSPS) is 21.5. The van der Waals surface area contributed by atoms with Crippen LogP contribution < -0.4 is 9.64 Å². The first-order valence-corrected chi connectivity index (χ1v) is 15.2. The molecule has 6 nitrogen and oxygen atoms in total. The second kappa shape index (κ2) is 9.58. The molecule has 4 fully saturated rings. The summed E-state index contributed by atoms with van der Waals surface area (Å²) in [5.74, 6) is -0.267. The Bertz CT molecular complexity index is 1640. The summed E-state index contributed by atoms with van der Waals surface area (Å²) in [6.45, 7) is 4.50. The fourth-order valence-electron chi connectivity index (χ4n) is 8.14. The van der Waals surface area contributed by atoms with E-state index < -0.39 is 11.6 Å². The molecule has 5 heterocycles. The number of nitrogens with zero attached hydrogens (tertiary/aromatic N) is 5. The third-order valence-electron chi connectivity index (χ3n) is 10.4. The Kier molecular flexibility index (Phi) is 5.92. The number of rotatable bonds is 5. The van der Waals surface area contributed by atoms with Gasteiger partial charge in [-0.1, -0.05) is 36.8 Å². The summed E-state index contributed by atoms with van der Waals surface area (Å²) in [5, 5.41) is 1.64. The lowest BCUT2D eigenvalue weighted by Gasteiger charge is -2.49. The second-order valence-electron chi connectivity index (χ2n) is 12.7. The summed E-state index contributed by atoms with van der Waals surface area (Å²) in [6.07, 6.45) is 12.3. The number of hydrogen-bond donors (Lipinski definition) is 0. The summed E-state index contributed by atoms with van der Waals surface area (Å²) < 4.78 is 38.0. The second-order valence-corrected chi connectivity index (χ2v) is 12.7. The fraction of sp³-hybridized carbons (Fsp3) is 0.485. The number of aromatic nitrogens is 3. The van der Waals surface area contributed by atoms with Crippen molar-refractivity contribution < 1.29 is 13.5 Å². The Labute approximate surface area is 238 Å². The minimum absolute atomic E-state index is 0.0298. The lowest BCUT2D eigenvalue weighted by atomic mass is 9.64. The van der Waals surface area contributed by atoms with Gasteiger partial charge in [0.2, 0.25) is 0 Å². The smallest absolute Gasteiger partial charge is 0.319 e. The zero-order valence-corrected chi connectivity index (χ0v) is 23.3. The number of halogens is 2. The van der Waals surface area contributed by atoms with E-state index in [2.05, 4.69) is 19.8 Å². The maximum absolute atomic E-state index is 16.6. The van der Waals surface area contributed by atoms with Crippen LogP contribution in [0.25, 0.3) is 32.9 Å². The van der Waals surface area contributed by atoms with Crippen LogP contribution in [0.4, 0.5) is 14.6 Å². The number of fused-ring (bicyclic) bond motifs is 3. The van der Waals surface area contributed by atoms with Gasteiger partial charge in [-0.05, 0) is 81.3 Å². The monoisotopic (exact) mass is 555 g/mol. The highest BCUT2D eigenvalue weighted by Gasteiger charge is 2.45. The average Bonchev–Trinajstić information content (AvgIpc) is 3.56. The molecular weight excluding hydrogens is 520 g/mol. The van der Waals surface area contributed by atoms with Crippen molar-refractivity contribution in [3.63, 3.8) is 0 Å². The first-order valence-electron chi connectivity index (χ1n) is 15.2. The molecule has 4 aromatic rings. The van der Waals surface area contributed by atoms with E-state index >= 15 is 8.78 Å². The predicted molar refractivity (Wildman–Crippen MR) is 156 cm³/mol. The lowest BCUT2D eigenvalue weighted by Crippen LogP contribution is -2.47. The summed E-state index contributed by atoms with van der Waals surface area (Å²) in [7, 11) is 0. The fourth-order valence-corrected chi connectivity index (χ4v) is 8.14. The molecule has 1 saturated carbocycles. The van der Waals surface area contributed by atoms with Crippen LogP contribution in [0.2, 0.25) is 0 Å². The van der Waals surface area contributed by atoms with Crippen molar-refractivity contribution in [2.45, 2.75) is 63.3 Å². The molecule has 4 aliphatic rings. The van der Waals surface area contributed by atoms with Gasteiger partial charge < -0.3 is 9.64 Å². The van der Waals surface area contributed by atoms with Gasteiger partial charge in [0.1, 0.15) is 29.5 Å². The predicted octanol–water partition coefficient (Wildman–Crippen LogP) is 6.90. The molecule has 1 spiro atoms. The third kappa shape index (κ3) is 4.09. The lowest BCUT2D eigenvalue weighted by molar-refractivity contribution is 0.105. The van der Waals surface area contributed by atoms with Crippen LogP contribution in [0.3, 0.4) is 0 Å². The molecule has 8 rings (SSSR count). The van der Waals surface area contributed by atoms with Gasteiger partial charge in [-0.15, -0.1) is 0 Å². The first-order chi connectivity index (χ1) is 20.0.